The molecule has 0 amide bonds. The lowest BCUT2D eigenvalue weighted by Gasteiger charge is -2.27. The quantitative estimate of drug-likeness (QED) is 0.330. The Labute approximate surface area is 178 Å². The number of hydrogen-bond acceptors (Lipinski definition) is 6. The molecule has 0 bridgehead atoms. The molecule has 1 saturated carbocycles. The molecule has 3 rings (SSSR count). The molecule has 0 saturated heterocycles. The highest BCUT2D eigenvalue weighted by Gasteiger charge is 2.38. The Bertz CT molecular complexity index is 815. The summed E-state index contributed by atoms with van der Waals surface area (Å²) in [6.45, 7) is 3.31. The average molecular weight is 411 g/mol. The Kier molecular flexibility index (Phi) is 7.82. The van der Waals surface area contributed by atoms with Crippen molar-refractivity contribution in [2.75, 3.05) is 25.1 Å². The Balaban J connectivity index is 1.49. The molecule has 1 aromatic heterocycles. The van der Waals surface area contributed by atoms with Gasteiger partial charge in [0.05, 0.1) is 19.6 Å². The first-order valence-electron chi connectivity index (χ1n) is 10.7. The van der Waals surface area contributed by atoms with Crippen LogP contribution in [0.25, 0.3) is 0 Å². The van der Waals surface area contributed by atoms with E-state index in [-0.39, 0.29) is 17.2 Å². The lowest BCUT2D eigenvalue weighted by Crippen LogP contribution is -2.26. The number of Topliss-reactive ketones (excluding diaryl/α,β-unsaturated/α-hetero) is 1. The number of pyridine rings is 1. The summed E-state index contributed by atoms with van der Waals surface area (Å²) < 4.78 is 10.9. The van der Waals surface area contributed by atoms with Crippen LogP contribution in [0.15, 0.2) is 48.7 Å². The smallest absolute Gasteiger partial charge is 0.306 e. The molecule has 1 aliphatic rings. The van der Waals surface area contributed by atoms with Crippen molar-refractivity contribution in [1.29, 1.82) is 0 Å². The molecule has 6 heteroatoms. The van der Waals surface area contributed by atoms with E-state index < -0.39 is 0 Å². The second-order valence-corrected chi connectivity index (χ2v) is 7.80. The maximum atomic E-state index is 12.9. The number of carbonyl (C=O) groups is 2. The highest BCUT2D eigenvalue weighted by Crippen LogP contribution is 2.45. The number of nitrogens with zero attached hydrogens (tertiary/aromatic N) is 1. The van der Waals surface area contributed by atoms with E-state index in [1.54, 1.807) is 18.3 Å². The van der Waals surface area contributed by atoms with E-state index in [2.05, 4.69) is 10.3 Å². The molecule has 1 N–H and O–H groups in total. The van der Waals surface area contributed by atoms with Gasteiger partial charge in [0.2, 0.25) is 0 Å². The van der Waals surface area contributed by atoms with Crippen molar-refractivity contribution in [2.24, 2.45) is 5.41 Å². The van der Waals surface area contributed by atoms with Crippen LogP contribution in [0.5, 0.6) is 5.75 Å². The fourth-order valence-electron chi connectivity index (χ4n) is 4.05. The number of rotatable bonds is 11. The van der Waals surface area contributed by atoms with Gasteiger partial charge in [-0.15, -0.1) is 0 Å². The molecule has 0 spiro atoms. The summed E-state index contributed by atoms with van der Waals surface area (Å²) in [5.41, 5.74) is 0.402. The second kappa shape index (κ2) is 10.8. The third-order valence-corrected chi connectivity index (χ3v) is 5.54. The Morgan fingerprint density at radius 2 is 1.83 bits per heavy atom. The maximum Gasteiger partial charge on any atom is 0.306 e. The summed E-state index contributed by atoms with van der Waals surface area (Å²) in [4.78, 5) is 29.1. The fraction of sp³-hybridized carbons (Fsp3) is 0.458. The Morgan fingerprint density at radius 3 is 2.50 bits per heavy atom. The van der Waals surface area contributed by atoms with Crippen LogP contribution in [0, 0.1) is 5.41 Å². The van der Waals surface area contributed by atoms with Gasteiger partial charge in [0.1, 0.15) is 18.2 Å². The van der Waals surface area contributed by atoms with Gasteiger partial charge in [-0.1, -0.05) is 18.9 Å². The van der Waals surface area contributed by atoms with E-state index >= 15 is 0 Å². The largest absolute Gasteiger partial charge is 0.492 e. The standard InChI is InChI=1S/C24H30N2O4/c1-2-29-23(28)18-24(12-4-5-13-24)17-21(27)19-8-10-20(11-9-19)30-16-15-26-22-7-3-6-14-25-22/h3,6-11,14H,2,4-5,12-13,15-18H2,1H3,(H,25,26). The van der Waals surface area contributed by atoms with E-state index in [0.29, 0.717) is 38.2 Å². The predicted molar refractivity (Wildman–Crippen MR) is 116 cm³/mol. The number of hydrogen-bond donors (Lipinski definition) is 1. The minimum Gasteiger partial charge on any atom is -0.492 e. The highest BCUT2D eigenvalue weighted by molar-refractivity contribution is 5.96. The van der Waals surface area contributed by atoms with Gasteiger partial charge in [-0.05, 0) is 61.6 Å². The van der Waals surface area contributed by atoms with Gasteiger partial charge in [0, 0.05) is 18.2 Å². The van der Waals surface area contributed by atoms with Crippen molar-refractivity contribution >= 4 is 17.6 Å². The zero-order chi connectivity index (χ0) is 21.2. The van der Waals surface area contributed by atoms with Crippen LogP contribution in [-0.2, 0) is 9.53 Å². The molecular formula is C24H30N2O4. The molecular weight excluding hydrogens is 380 g/mol. The van der Waals surface area contributed by atoms with Gasteiger partial charge in [0.25, 0.3) is 0 Å². The lowest BCUT2D eigenvalue weighted by molar-refractivity contribution is -0.145. The van der Waals surface area contributed by atoms with Gasteiger partial charge in [-0.3, -0.25) is 9.59 Å². The molecule has 160 valence electrons. The zero-order valence-electron chi connectivity index (χ0n) is 17.6. The summed E-state index contributed by atoms with van der Waals surface area (Å²) in [6.07, 6.45) is 6.39. The minimum atomic E-state index is -0.254. The van der Waals surface area contributed by atoms with Crippen molar-refractivity contribution in [3.63, 3.8) is 0 Å². The van der Waals surface area contributed by atoms with Crippen molar-refractivity contribution in [1.82, 2.24) is 4.98 Å². The Hall–Kier alpha value is -2.89. The van der Waals surface area contributed by atoms with Crippen LogP contribution in [0.4, 0.5) is 5.82 Å². The van der Waals surface area contributed by atoms with Crippen LogP contribution in [0.3, 0.4) is 0 Å². The molecule has 6 nitrogen and oxygen atoms in total. The fourth-order valence-corrected chi connectivity index (χ4v) is 4.05. The number of ether oxygens (including phenoxy) is 2. The van der Waals surface area contributed by atoms with Crippen LogP contribution >= 0.6 is 0 Å². The van der Waals surface area contributed by atoms with E-state index in [9.17, 15) is 9.59 Å². The van der Waals surface area contributed by atoms with Crippen LogP contribution in [0.1, 0.15) is 55.8 Å². The third-order valence-electron chi connectivity index (χ3n) is 5.54. The first-order chi connectivity index (χ1) is 14.6. The van der Waals surface area contributed by atoms with Crippen LogP contribution in [0.2, 0.25) is 0 Å². The van der Waals surface area contributed by atoms with Crippen molar-refractivity contribution in [2.45, 2.75) is 45.4 Å². The minimum absolute atomic E-state index is 0.0737. The van der Waals surface area contributed by atoms with Crippen LogP contribution < -0.4 is 10.1 Å². The van der Waals surface area contributed by atoms with Crippen molar-refractivity contribution in [3.8, 4) is 5.75 Å². The first-order valence-corrected chi connectivity index (χ1v) is 10.7. The summed E-state index contributed by atoms with van der Waals surface area (Å²) >= 11 is 0. The summed E-state index contributed by atoms with van der Waals surface area (Å²) in [5.74, 6) is 1.40. The lowest BCUT2D eigenvalue weighted by atomic mass is 9.77. The summed E-state index contributed by atoms with van der Waals surface area (Å²) in [7, 11) is 0. The highest BCUT2D eigenvalue weighted by atomic mass is 16.5. The van der Waals surface area contributed by atoms with E-state index in [1.807, 2.05) is 37.3 Å². The van der Waals surface area contributed by atoms with Crippen LogP contribution in [-0.4, -0.2) is 36.5 Å². The molecule has 1 fully saturated rings. The van der Waals surface area contributed by atoms with Gasteiger partial charge in [-0.2, -0.15) is 0 Å². The van der Waals surface area contributed by atoms with Gasteiger partial charge in [0.15, 0.2) is 5.78 Å². The first kappa shape index (κ1) is 21.8. The molecule has 2 aromatic rings. The number of carbonyl (C=O) groups excluding carboxylic acids is 2. The normalized spacial score (nSPS) is 14.8. The molecule has 1 heterocycles. The summed E-state index contributed by atoms with van der Waals surface area (Å²) in [5, 5.41) is 3.19. The molecule has 0 unspecified atom stereocenters. The Morgan fingerprint density at radius 1 is 1.07 bits per heavy atom. The van der Waals surface area contributed by atoms with Gasteiger partial charge >= 0.3 is 5.97 Å². The number of anilines is 1. The van der Waals surface area contributed by atoms with E-state index in [0.717, 1.165) is 37.3 Å². The SMILES string of the molecule is CCOC(=O)CC1(CC(=O)c2ccc(OCCNc3ccccn3)cc2)CCCC1. The molecule has 1 aromatic carbocycles. The van der Waals surface area contributed by atoms with E-state index in [4.69, 9.17) is 9.47 Å². The second-order valence-electron chi connectivity index (χ2n) is 7.80. The monoisotopic (exact) mass is 410 g/mol. The predicted octanol–water partition coefficient (Wildman–Crippen LogP) is 4.66. The number of ketones is 1. The number of aromatic nitrogens is 1. The molecule has 30 heavy (non-hydrogen) atoms. The number of benzene rings is 1. The number of esters is 1. The molecule has 0 radical (unpaired) electrons. The topological polar surface area (TPSA) is 77.5 Å². The van der Waals surface area contributed by atoms with Gasteiger partial charge < -0.3 is 14.8 Å². The molecule has 0 atom stereocenters. The molecule has 1 aliphatic carbocycles. The van der Waals surface area contributed by atoms with E-state index in [1.165, 1.54) is 0 Å². The number of nitrogens with one attached hydrogen (secondary N) is 1. The zero-order valence-corrected chi connectivity index (χ0v) is 17.6. The van der Waals surface area contributed by atoms with Gasteiger partial charge in [-0.25, -0.2) is 4.98 Å². The summed E-state index contributed by atoms with van der Waals surface area (Å²) in [6, 6.07) is 12.9. The van der Waals surface area contributed by atoms with Crippen molar-refractivity contribution < 1.29 is 19.1 Å². The maximum absolute atomic E-state index is 12.9. The van der Waals surface area contributed by atoms with Crippen molar-refractivity contribution in [3.05, 3.63) is 54.2 Å². The average Bonchev–Trinajstić information content (AvgIpc) is 3.20. The molecule has 0 aliphatic heterocycles. The third kappa shape index (κ3) is 6.31.